The van der Waals surface area contributed by atoms with Crippen LogP contribution in [0.2, 0.25) is 0 Å². The zero-order chi connectivity index (χ0) is 15.8. The van der Waals surface area contributed by atoms with Gasteiger partial charge in [0.05, 0.1) is 12.4 Å². The average molecular weight is 318 g/mol. The highest BCUT2D eigenvalue weighted by Gasteiger charge is 2.20. The number of hydrogen-bond acceptors (Lipinski definition) is 3. The van der Waals surface area contributed by atoms with Crippen molar-refractivity contribution in [2.24, 2.45) is 0 Å². The zero-order valence-corrected chi connectivity index (χ0v) is 12.7. The molecule has 0 aliphatic rings. The Balaban J connectivity index is 2.07. The molecule has 0 fully saturated rings. The summed E-state index contributed by atoms with van der Waals surface area (Å²) < 4.78 is 5.28. The Morgan fingerprint density at radius 3 is 2.14 bits per heavy atom. The predicted molar refractivity (Wildman–Crippen MR) is 86.1 cm³/mol. The van der Waals surface area contributed by atoms with E-state index in [2.05, 4.69) is 0 Å². The van der Waals surface area contributed by atoms with Crippen molar-refractivity contribution in [3.8, 4) is 0 Å². The second kappa shape index (κ2) is 8.20. The molecule has 5 heteroatoms. The molecule has 0 aliphatic heterocycles. The summed E-state index contributed by atoms with van der Waals surface area (Å²) >= 11 is 5.53. The molecule has 0 radical (unpaired) electrons. The van der Waals surface area contributed by atoms with Crippen LogP contribution < -0.4 is 4.90 Å². The molecular formula is C17H16ClNO3. The van der Waals surface area contributed by atoms with Gasteiger partial charge in [-0.2, -0.15) is 0 Å². The summed E-state index contributed by atoms with van der Waals surface area (Å²) in [5.74, 6) is -0.392. The summed E-state index contributed by atoms with van der Waals surface area (Å²) in [4.78, 5) is 25.2. The van der Waals surface area contributed by atoms with E-state index in [0.29, 0.717) is 5.69 Å². The molecule has 22 heavy (non-hydrogen) atoms. The minimum absolute atomic E-state index is 0.110. The van der Waals surface area contributed by atoms with E-state index in [0.717, 1.165) is 5.56 Å². The summed E-state index contributed by atoms with van der Waals surface area (Å²) in [5, 5.41) is 0. The Kier molecular flexibility index (Phi) is 5.98. The van der Waals surface area contributed by atoms with E-state index in [-0.39, 0.29) is 24.8 Å². The highest BCUT2D eigenvalue weighted by molar-refractivity contribution is 6.28. The molecule has 2 aromatic carbocycles. The van der Waals surface area contributed by atoms with Crippen molar-refractivity contribution >= 4 is 29.2 Å². The monoisotopic (exact) mass is 317 g/mol. The molecule has 2 rings (SSSR count). The van der Waals surface area contributed by atoms with Gasteiger partial charge in [-0.25, -0.2) is 4.79 Å². The lowest BCUT2D eigenvalue weighted by atomic mass is 10.2. The summed E-state index contributed by atoms with van der Waals surface area (Å²) in [7, 11) is 0. The molecule has 0 N–H and O–H groups in total. The maximum atomic E-state index is 12.3. The number of anilines is 1. The van der Waals surface area contributed by atoms with Gasteiger partial charge < -0.3 is 4.74 Å². The van der Waals surface area contributed by atoms with Crippen LogP contribution in [0, 0.1) is 0 Å². The minimum Gasteiger partial charge on any atom is -0.444 e. The number of ether oxygens (including phenoxy) is 1. The third-order valence-electron chi connectivity index (χ3n) is 2.98. The van der Waals surface area contributed by atoms with Gasteiger partial charge in [-0.15, -0.1) is 11.6 Å². The summed E-state index contributed by atoms with van der Waals surface area (Å²) in [6, 6.07) is 18.3. The normalized spacial score (nSPS) is 10.0. The lowest BCUT2D eigenvalue weighted by molar-refractivity contribution is -0.115. The highest BCUT2D eigenvalue weighted by Crippen LogP contribution is 2.15. The Morgan fingerprint density at radius 1 is 0.955 bits per heavy atom. The van der Waals surface area contributed by atoms with E-state index in [4.69, 9.17) is 16.3 Å². The van der Waals surface area contributed by atoms with Crippen LogP contribution in [0.15, 0.2) is 60.7 Å². The molecule has 0 heterocycles. The van der Waals surface area contributed by atoms with Gasteiger partial charge in [-0.05, 0) is 17.7 Å². The van der Waals surface area contributed by atoms with Gasteiger partial charge in [0.15, 0.2) is 5.78 Å². The molecular weight excluding hydrogens is 302 g/mol. The number of Topliss-reactive ketones (excluding diaryl/α,β-unsaturated/α-hetero) is 1. The van der Waals surface area contributed by atoms with Crippen molar-refractivity contribution in [3.63, 3.8) is 0 Å². The standard InChI is InChI=1S/C17H16ClNO3/c18-11-16(20)12-19(15-9-5-2-6-10-15)17(21)22-13-14-7-3-1-4-8-14/h1-10H,11-13H2. The van der Waals surface area contributed by atoms with Gasteiger partial charge in [0.1, 0.15) is 6.61 Å². The van der Waals surface area contributed by atoms with Crippen LogP contribution in [0.4, 0.5) is 10.5 Å². The fraction of sp³-hybridized carbons (Fsp3) is 0.176. The maximum Gasteiger partial charge on any atom is 0.415 e. The number of hydrogen-bond donors (Lipinski definition) is 0. The molecule has 0 aromatic heterocycles. The van der Waals surface area contributed by atoms with E-state index in [1.165, 1.54) is 4.90 Å². The van der Waals surface area contributed by atoms with Crippen molar-refractivity contribution in [2.75, 3.05) is 17.3 Å². The number of halogens is 1. The highest BCUT2D eigenvalue weighted by atomic mass is 35.5. The van der Waals surface area contributed by atoms with Gasteiger partial charge in [0.2, 0.25) is 0 Å². The van der Waals surface area contributed by atoms with Gasteiger partial charge >= 0.3 is 6.09 Å². The van der Waals surface area contributed by atoms with Crippen LogP contribution in [-0.4, -0.2) is 24.3 Å². The number of carbonyl (C=O) groups excluding carboxylic acids is 2. The summed E-state index contributed by atoms with van der Waals surface area (Å²) in [6.45, 7) is 0.0409. The molecule has 2 aromatic rings. The van der Waals surface area contributed by atoms with Crippen molar-refractivity contribution < 1.29 is 14.3 Å². The minimum atomic E-state index is -0.575. The first-order valence-corrected chi connectivity index (χ1v) is 7.35. The lowest BCUT2D eigenvalue weighted by Gasteiger charge is -2.21. The maximum absolute atomic E-state index is 12.3. The quantitative estimate of drug-likeness (QED) is 0.764. The average Bonchev–Trinajstić information content (AvgIpc) is 2.59. The predicted octanol–water partition coefficient (Wildman–Crippen LogP) is 3.64. The van der Waals surface area contributed by atoms with Crippen LogP contribution in [-0.2, 0) is 16.1 Å². The van der Waals surface area contributed by atoms with Gasteiger partial charge in [-0.1, -0.05) is 48.5 Å². The number of rotatable bonds is 6. The van der Waals surface area contributed by atoms with Crippen LogP contribution in [0.3, 0.4) is 0 Å². The van der Waals surface area contributed by atoms with E-state index in [1.54, 1.807) is 24.3 Å². The molecule has 0 aliphatic carbocycles. The topological polar surface area (TPSA) is 46.6 Å². The fourth-order valence-electron chi connectivity index (χ4n) is 1.89. The molecule has 4 nitrogen and oxygen atoms in total. The molecule has 1 amide bonds. The van der Waals surface area contributed by atoms with Gasteiger partial charge in [0.25, 0.3) is 0 Å². The largest absolute Gasteiger partial charge is 0.444 e. The molecule has 114 valence electrons. The van der Waals surface area contributed by atoms with E-state index < -0.39 is 6.09 Å². The third-order valence-corrected chi connectivity index (χ3v) is 3.27. The van der Waals surface area contributed by atoms with Gasteiger partial charge in [0, 0.05) is 5.69 Å². The zero-order valence-electron chi connectivity index (χ0n) is 11.9. The van der Waals surface area contributed by atoms with Crippen molar-refractivity contribution in [3.05, 3.63) is 66.2 Å². The van der Waals surface area contributed by atoms with Crippen LogP contribution in [0.5, 0.6) is 0 Å². The molecule has 0 saturated carbocycles. The first-order valence-electron chi connectivity index (χ1n) is 6.81. The molecule has 0 saturated heterocycles. The van der Waals surface area contributed by atoms with Crippen molar-refractivity contribution in [2.45, 2.75) is 6.61 Å². The van der Waals surface area contributed by atoms with Gasteiger partial charge in [-0.3, -0.25) is 9.69 Å². The number of benzene rings is 2. The smallest absolute Gasteiger partial charge is 0.415 e. The summed E-state index contributed by atoms with van der Waals surface area (Å²) in [6.07, 6.45) is -0.575. The second-order valence-corrected chi connectivity index (χ2v) is 4.90. The second-order valence-electron chi connectivity index (χ2n) is 4.63. The molecule has 0 atom stereocenters. The fourth-order valence-corrected chi connectivity index (χ4v) is 1.97. The number of carbonyl (C=O) groups is 2. The van der Waals surface area contributed by atoms with Crippen molar-refractivity contribution in [1.29, 1.82) is 0 Å². The van der Waals surface area contributed by atoms with Crippen molar-refractivity contribution in [1.82, 2.24) is 0 Å². The molecule has 0 bridgehead atoms. The molecule has 0 unspecified atom stereocenters. The van der Waals surface area contributed by atoms with Crippen LogP contribution >= 0.6 is 11.6 Å². The Morgan fingerprint density at radius 2 is 1.55 bits per heavy atom. The first-order chi connectivity index (χ1) is 10.7. The summed E-state index contributed by atoms with van der Waals surface area (Å²) in [5.41, 5.74) is 1.48. The first kappa shape index (κ1) is 16.0. The Hall–Kier alpha value is -2.33. The third kappa shape index (κ3) is 4.60. The number of ketones is 1. The van der Waals surface area contributed by atoms with E-state index in [1.807, 2.05) is 36.4 Å². The van der Waals surface area contributed by atoms with E-state index >= 15 is 0 Å². The number of amides is 1. The number of nitrogens with zero attached hydrogens (tertiary/aromatic N) is 1. The number of para-hydroxylation sites is 1. The van der Waals surface area contributed by atoms with Crippen LogP contribution in [0.1, 0.15) is 5.56 Å². The Labute approximate surface area is 134 Å². The lowest BCUT2D eigenvalue weighted by Crippen LogP contribution is -2.36. The molecule has 0 spiro atoms. The Bertz CT molecular complexity index is 616. The van der Waals surface area contributed by atoms with E-state index in [9.17, 15) is 9.59 Å². The number of alkyl halides is 1. The SMILES string of the molecule is O=C(CCl)CN(C(=O)OCc1ccccc1)c1ccccc1. The van der Waals surface area contributed by atoms with Crippen LogP contribution in [0.25, 0.3) is 0 Å².